The predicted molar refractivity (Wildman–Crippen MR) is 56.4 cm³/mol. The first-order valence-corrected chi connectivity index (χ1v) is 4.93. The molecule has 16 heavy (non-hydrogen) atoms. The van der Waals surface area contributed by atoms with E-state index in [2.05, 4.69) is 9.99 Å². The summed E-state index contributed by atoms with van der Waals surface area (Å²) in [7, 11) is 0. The fourth-order valence-electron chi connectivity index (χ4n) is 1.20. The molecule has 0 unspecified atom stereocenters. The Kier molecular flexibility index (Phi) is 4.85. The Hall–Kier alpha value is -1.49. The molecule has 0 spiro atoms. The molecule has 1 aromatic carbocycles. The first-order chi connectivity index (χ1) is 7.69. The molecule has 0 heterocycles. The summed E-state index contributed by atoms with van der Waals surface area (Å²) in [5.74, 6) is -1.43. The minimum Gasteiger partial charge on any atom is -0.396 e. The molecule has 0 bridgehead atoms. The van der Waals surface area contributed by atoms with Crippen LogP contribution in [0.3, 0.4) is 0 Å². The van der Waals surface area contributed by atoms with Gasteiger partial charge in [0.1, 0.15) is 18.2 Å². The molecular formula is C11H13F2NO2. The fourth-order valence-corrected chi connectivity index (χ4v) is 1.20. The lowest BCUT2D eigenvalue weighted by atomic mass is 10.1. The van der Waals surface area contributed by atoms with Gasteiger partial charge in [-0.2, -0.15) is 0 Å². The second-order valence-electron chi connectivity index (χ2n) is 3.10. The highest BCUT2D eigenvalue weighted by Gasteiger charge is 2.09. The molecule has 0 atom stereocenters. The third-order valence-corrected chi connectivity index (χ3v) is 1.92. The van der Waals surface area contributed by atoms with E-state index in [-0.39, 0.29) is 18.6 Å². The highest BCUT2D eigenvalue weighted by Crippen LogP contribution is 2.14. The van der Waals surface area contributed by atoms with E-state index in [1.807, 2.05) is 0 Å². The molecule has 1 N–H and O–H groups in total. The van der Waals surface area contributed by atoms with Crippen LogP contribution in [-0.4, -0.2) is 24.5 Å². The lowest BCUT2D eigenvalue weighted by Crippen LogP contribution is -1.99. The van der Waals surface area contributed by atoms with E-state index < -0.39 is 11.6 Å². The van der Waals surface area contributed by atoms with Gasteiger partial charge < -0.3 is 9.94 Å². The van der Waals surface area contributed by atoms with Gasteiger partial charge in [-0.15, -0.1) is 0 Å². The first-order valence-electron chi connectivity index (χ1n) is 4.93. The van der Waals surface area contributed by atoms with Gasteiger partial charge in [0.25, 0.3) is 0 Å². The summed E-state index contributed by atoms with van der Waals surface area (Å²) < 4.78 is 26.8. The van der Waals surface area contributed by atoms with Crippen molar-refractivity contribution in [2.75, 3.05) is 13.2 Å². The van der Waals surface area contributed by atoms with Crippen LogP contribution in [0.25, 0.3) is 0 Å². The molecule has 0 aliphatic carbocycles. The number of rotatable bonds is 5. The van der Waals surface area contributed by atoms with E-state index in [1.165, 1.54) is 12.1 Å². The summed E-state index contributed by atoms with van der Waals surface area (Å²) in [6, 6.07) is 2.35. The van der Waals surface area contributed by atoms with Crippen LogP contribution in [0.15, 0.2) is 17.3 Å². The largest absolute Gasteiger partial charge is 0.396 e. The van der Waals surface area contributed by atoms with Crippen molar-refractivity contribution < 1.29 is 18.7 Å². The number of hydrogen-bond donors (Lipinski definition) is 1. The Morgan fingerprint density at radius 2 is 2.00 bits per heavy atom. The summed E-state index contributed by atoms with van der Waals surface area (Å²) in [5.41, 5.74) is 0.168. The van der Waals surface area contributed by atoms with E-state index in [1.54, 1.807) is 6.92 Å². The van der Waals surface area contributed by atoms with Gasteiger partial charge in [0, 0.05) is 6.61 Å². The fraction of sp³-hybridized carbons (Fsp3) is 0.364. The number of aliphatic hydroxyl groups excluding tert-OH is 1. The van der Waals surface area contributed by atoms with Gasteiger partial charge in [-0.05, 0) is 31.0 Å². The quantitative estimate of drug-likeness (QED) is 0.618. The molecule has 0 aliphatic rings. The van der Waals surface area contributed by atoms with Crippen LogP contribution < -0.4 is 0 Å². The third kappa shape index (κ3) is 3.27. The van der Waals surface area contributed by atoms with Gasteiger partial charge >= 0.3 is 0 Å². The number of oxime groups is 1. The van der Waals surface area contributed by atoms with Crippen LogP contribution in [0, 0.1) is 11.6 Å². The molecule has 0 radical (unpaired) electrons. The number of benzene rings is 1. The minimum absolute atomic E-state index is 0.148. The summed E-state index contributed by atoms with van der Waals surface area (Å²) in [6.45, 7) is 1.90. The van der Waals surface area contributed by atoms with Crippen LogP contribution in [0.4, 0.5) is 8.78 Å². The first kappa shape index (κ1) is 12.6. The average Bonchev–Trinajstić information content (AvgIpc) is 2.23. The molecule has 88 valence electrons. The Bertz CT molecular complexity index is 357. The van der Waals surface area contributed by atoms with Crippen molar-refractivity contribution in [2.24, 2.45) is 5.16 Å². The van der Waals surface area contributed by atoms with Gasteiger partial charge in [-0.1, -0.05) is 5.16 Å². The van der Waals surface area contributed by atoms with Crippen LogP contribution in [0.1, 0.15) is 18.1 Å². The summed E-state index contributed by atoms with van der Waals surface area (Å²) >= 11 is 0. The van der Waals surface area contributed by atoms with E-state index in [0.29, 0.717) is 12.2 Å². The van der Waals surface area contributed by atoms with Crippen LogP contribution in [-0.2, 0) is 11.3 Å². The Balaban J connectivity index is 2.93. The smallest absolute Gasteiger partial charge is 0.135 e. The molecule has 0 saturated heterocycles. The molecule has 0 saturated carbocycles. The molecule has 0 amide bonds. The number of hydrogen-bond acceptors (Lipinski definition) is 3. The normalized spacial score (nSPS) is 11.0. The highest BCUT2D eigenvalue weighted by molar-refractivity contribution is 5.80. The predicted octanol–water partition coefficient (Wildman–Crippen LogP) is 1.87. The Morgan fingerprint density at radius 1 is 1.38 bits per heavy atom. The summed E-state index contributed by atoms with van der Waals surface area (Å²) in [6.07, 6.45) is 1.22. The van der Waals surface area contributed by atoms with Gasteiger partial charge in [0.15, 0.2) is 0 Å². The molecule has 0 aliphatic heterocycles. The number of halogens is 2. The second-order valence-corrected chi connectivity index (χ2v) is 3.10. The zero-order valence-corrected chi connectivity index (χ0v) is 8.91. The maximum Gasteiger partial charge on any atom is 0.135 e. The van der Waals surface area contributed by atoms with Crippen molar-refractivity contribution in [1.82, 2.24) is 0 Å². The van der Waals surface area contributed by atoms with Crippen molar-refractivity contribution in [3.8, 4) is 0 Å². The molecule has 0 aromatic heterocycles. The van der Waals surface area contributed by atoms with Gasteiger partial charge in [0.2, 0.25) is 0 Å². The van der Waals surface area contributed by atoms with Crippen LogP contribution >= 0.6 is 0 Å². The number of aliphatic hydroxyl groups is 1. The molecule has 1 aromatic rings. The number of nitrogens with zero attached hydrogens (tertiary/aromatic N) is 1. The second kappa shape index (κ2) is 6.17. The molecule has 3 nitrogen and oxygen atoms in total. The van der Waals surface area contributed by atoms with E-state index in [4.69, 9.17) is 5.11 Å². The molecule has 0 fully saturated rings. The topological polar surface area (TPSA) is 41.8 Å². The monoisotopic (exact) mass is 229 g/mol. The van der Waals surface area contributed by atoms with Crippen molar-refractivity contribution in [3.05, 3.63) is 34.9 Å². The average molecular weight is 229 g/mol. The van der Waals surface area contributed by atoms with E-state index in [9.17, 15) is 8.78 Å². The summed E-state index contributed by atoms with van der Waals surface area (Å²) in [5, 5.41) is 12.1. The molecule has 1 rings (SSSR count). The van der Waals surface area contributed by atoms with Crippen molar-refractivity contribution in [3.63, 3.8) is 0 Å². The van der Waals surface area contributed by atoms with Crippen LogP contribution in [0.2, 0.25) is 0 Å². The summed E-state index contributed by atoms with van der Waals surface area (Å²) in [4.78, 5) is 4.62. The third-order valence-electron chi connectivity index (χ3n) is 1.92. The van der Waals surface area contributed by atoms with Gasteiger partial charge in [-0.25, -0.2) is 8.78 Å². The standard InChI is InChI=1S/C11H13F2NO2/c1-2-16-14-7-9-10(12)5-8(3-4-15)6-11(9)13/h5-7,15H,2-4H2,1H3/b14-7+. The Labute approximate surface area is 92.3 Å². The maximum absolute atomic E-state index is 13.4. The lowest BCUT2D eigenvalue weighted by molar-refractivity contribution is 0.160. The Morgan fingerprint density at radius 3 is 2.50 bits per heavy atom. The SMILES string of the molecule is CCO/N=C/c1c(F)cc(CCO)cc1F. The van der Waals surface area contributed by atoms with Gasteiger partial charge in [0.05, 0.1) is 11.8 Å². The van der Waals surface area contributed by atoms with Crippen LogP contribution in [0.5, 0.6) is 0 Å². The zero-order valence-electron chi connectivity index (χ0n) is 8.91. The van der Waals surface area contributed by atoms with Gasteiger partial charge in [-0.3, -0.25) is 0 Å². The molecule has 5 heteroatoms. The minimum atomic E-state index is -0.716. The lowest BCUT2D eigenvalue weighted by Gasteiger charge is -2.03. The van der Waals surface area contributed by atoms with Crippen molar-refractivity contribution in [2.45, 2.75) is 13.3 Å². The maximum atomic E-state index is 13.4. The van der Waals surface area contributed by atoms with Crippen molar-refractivity contribution >= 4 is 6.21 Å². The van der Waals surface area contributed by atoms with E-state index >= 15 is 0 Å². The van der Waals surface area contributed by atoms with Crippen molar-refractivity contribution in [1.29, 1.82) is 0 Å². The highest BCUT2D eigenvalue weighted by atomic mass is 19.1. The zero-order chi connectivity index (χ0) is 12.0. The van der Waals surface area contributed by atoms with E-state index in [0.717, 1.165) is 6.21 Å². The molecular weight excluding hydrogens is 216 g/mol.